The van der Waals surface area contributed by atoms with E-state index in [1.165, 1.54) is 6.07 Å². The van der Waals surface area contributed by atoms with E-state index in [9.17, 15) is 4.79 Å². The Hall–Kier alpha value is -2.05. The van der Waals surface area contributed by atoms with Crippen LogP contribution in [0.2, 0.25) is 0 Å². The largest absolute Gasteiger partial charge is 0.325 e. The number of rotatable bonds is 2. The lowest BCUT2D eigenvalue weighted by atomic mass is 10.2. The molecule has 1 aromatic carbocycles. The molecule has 0 saturated carbocycles. The summed E-state index contributed by atoms with van der Waals surface area (Å²) in [6.07, 6.45) is 0. The molecule has 3 N–H and O–H groups in total. The molecule has 0 amide bonds. The summed E-state index contributed by atoms with van der Waals surface area (Å²) in [4.78, 5) is 23.2. The molecule has 0 atom stereocenters. The molecule has 6 heteroatoms. The SMILES string of the molecule is NCc1cc(=O)[nH]c(-c2nc3ccccc3cc2Br)n1. The highest BCUT2D eigenvalue weighted by molar-refractivity contribution is 9.10. The first kappa shape index (κ1) is 13.0. The van der Waals surface area contributed by atoms with Crippen LogP contribution in [0.5, 0.6) is 0 Å². The number of hydrogen-bond acceptors (Lipinski definition) is 4. The second-order valence-corrected chi connectivity index (χ2v) is 5.16. The monoisotopic (exact) mass is 330 g/mol. The third-order valence-corrected chi connectivity index (χ3v) is 3.51. The maximum Gasteiger partial charge on any atom is 0.251 e. The zero-order valence-corrected chi connectivity index (χ0v) is 12.0. The van der Waals surface area contributed by atoms with Crippen molar-refractivity contribution in [3.8, 4) is 11.5 Å². The highest BCUT2D eigenvalue weighted by Gasteiger charge is 2.10. The third kappa shape index (κ3) is 2.35. The maximum absolute atomic E-state index is 11.6. The number of H-pyrrole nitrogens is 1. The van der Waals surface area contributed by atoms with Crippen LogP contribution in [-0.2, 0) is 6.54 Å². The molecule has 0 spiro atoms. The number of halogens is 1. The van der Waals surface area contributed by atoms with E-state index in [0.29, 0.717) is 17.2 Å². The summed E-state index contributed by atoms with van der Waals surface area (Å²) in [6.45, 7) is 0.210. The fourth-order valence-electron chi connectivity index (χ4n) is 1.98. The van der Waals surface area contributed by atoms with Crippen molar-refractivity contribution < 1.29 is 0 Å². The van der Waals surface area contributed by atoms with Gasteiger partial charge < -0.3 is 10.7 Å². The second-order valence-electron chi connectivity index (χ2n) is 4.30. The van der Waals surface area contributed by atoms with E-state index in [0.717, 1.165) is 15.4 Å². The number of nitrogens with one attached hydrogen (secondary N) is 1. The number of hydrogen-bond donors (Lipinski definition) is 2. The van der Waals surface area contributed by atoms with Crippen molar-refractivity contribution in [2.24, 2.45) is 5.73 Å². The summed E-state index contributed by atoms with van der Waals surface area (Å²) in [7, 11) is 0. The first-order valence-corrected chi connectivity index (χ1v) is 6.82. The highest BCUT2D eigenvalue weighted by atomic mass is 79.9. The smallest absolute Gasteiger partial charge is 0.251 e. The van der Waals surface area contributed by atoms with Gasteiger partial charge in [0.15, 0.2) is 5.82 Å². The van der Waals surface area contributed by atoms with Crippen molar-refractivity contribution in [1.29, 1.82) is 0 Å². The van der Waals surface area contributed by atoms with Gasteiger partial charge in [0.25, 0.3) is 5.56 Å². The van der Waals surface area contributed by atoms with Crippen LogP contribution >= 0.6 is 15.9 Å². The summed E-state index contributed by atoms with van der Waals surface area (Å²) in [5.41, 5.74) is 7.27. The minimum absolute atomic E-state index is 0.210. The average Bonchev–Trinajstić information content (AvgIpc) is 2.45. The summed E-state index contributed by atoms with van der Waals surface area (Å²) >= 11 is 3.47. The lowest BCUT2D eigenvalue weighted by Crippen LogP contribution is -2.13. The zero-order chi connectivity index (χ0) is 14.1. The molecule has 0 saturated heterocycles. The minimum atomic E-state index is -0.239. The Balaban J connectivity index is 2.26. The average molecular weight is 331 g/mol. The molecule has 100 valence electrons. The lowest BCUT2D eigenvalue weighted by Gasteiger charge is -2.06. The molecular formula is C14H11BrN4O. The van der Waals surface area contributed by atoms with Gasteiger partial charge in [0, 0.05) is 22.5 Å². The van der Waals surface area contributed by atoms with Gasteiger partial charge >= 0.3 is 0 Å². The van der Waals surface area contributed by atoms with Crippen LogP contribution in [0.15, 0.2) is 45.7 Å². The van der Waals surface area contributed by atoms with Crippen molar-refractivity contribution >= 4 is 26.8 Å². The maximum atomic E-state index is 11.6. The first-order chi connectivity index (χ1) is 9.67. The van der Waals surface area contributed by atoms with Crippen molar-refractivity contribution in [2.75, 3.05) is 0 Å². The topological polar surface area (TPSA) is 84.7 Å². The lowest BCUT2D eigenvalue weighted by molar-refractivity contribution is 0.951. The van der Waals surface area contributed by atoms with E-state index in [-0.39, 0.29) is 12.1 Å². The van der Waals surface area contributed by atoms with Gasteiger partial charge in [-0.3, -0.25) is 4.79 Å². The Morgan fingerprint density at radius 2 is 2.00 bits per heavy atom. The molecule has 3 aromatic rings. The van der Waals surface area contributed by atoms with Crippen molar-refractivity contribution in [2.45, 2.75) is 6.54 Å². The van der Waals surface area contributed by atoms with Gasteiger partial charge in [0.1, 0.15) is 5.69 Å². The van der Waals surface area contributed by atoms with E-state index < -0.39 is 0 Å². The summed E-state index contributed by atoms with van der Waals surface area (Å²) < 4.78 is 0.772. The fraction of sp³-hybridized carbons (Fsp3) is 0.0714. The molecular weight excluding hydrogens is 320 g/mol. The highest BCUT2D eigenvalue weighted by Crippen LogP contribution is 2.27. The van der Waals surface area contributed by atoms with Crippen LogP contribution < -0.4 is 11.3 Å². The fourth-order valence-corrected chi connectivity index (χ4v) is 2.50. The predicted octanol–water partition coefficient (Wildman–Crippen LogP) is 2.21. The van der Waals surface area contributed by atoms with E-state index in [1.54, 1.807) is 0 Å². The number of aromatic nitrogens is 3. The van der Waals surface area contributed by atoms with Gasteiger partial charge in [-0.2, -0.15) is 0 Å². The molecule has 0 radical (unpaired) electrons. The number of fused-ring (bicyclic) bond motifs is 1. The number of aromatic amines is 1. The molecule has 3 rings (SSSR count). The quantitative estimate of drug-likeness (QED) is 0.754. The van der Waals surface area contributed by atoms with Crippen LogP contribution in [0.3, 0.4) is 0 Å². The first-order valence-electron chi connectivity index (χ1n) is 6.03. The number of nitrogens with two attached hydrogens (primary N) is 1. The molecule has 2 aromatic heterocycles. The van der Waals surface area contributed by atoms with E-state index >= 15 is 0 Å². The minimum Gasteiger partial charge on any atom is -0.325 e. The normalized spacial score (nSPS) is 10.9. The van der Waals surface area contributed by atoms with E-state index in [1.807, 2.05) is 30.3 Å². The molecule has 0 aliphatic rings. The second kappa shape index (κ2) is 5.15. The summed E-state index contributed by atoms with van der Waals surface area (Å²) in [5.74, 6) is 0.413. The van der Waals surface area contributed by atoms with Crippen LogP contribution in [0.25, 0.3) is 22.4 Å². The van der Waals surface area contributed by atoms with E-state index in [4.69, 9.17) is 5.73 Å². The van der Waals surface area contributed by atoms with Crippen LogP contribution in [0.4, 0.5) is 0 Å². The molecule has 0 unspecified atom stereocenters. The van der Waals surface area contributed by atoms with Gasteiger partial charge in [0.05, 0.1) is 11.2 Å². The summed E-state index contributed by atoms with van der Waals surface area (Å²) in [6, 6.07) is 11.1. The molecule has 0 bridgehead atoms. The standard InChI is InChI=1S/C14H11BrN4O/c15-10-5-8-3-1-2-4-11(8)18-13(10)14-17-9(7-16)6-12(20)19-14/h1-6H,7,16H2,(H,17,19,20). The number of pyridine rings is 1. The molecule has 0 aliphatic heterocycles. The number of nitrogens with zero attached hydrogens (tertiary/aromatic N) is 2. The van der Waals surface area contributed by atoms with Crippen molar-refractivity contribution in [3.63, 3.8) is 0 Å². The van der Waals surface area contributed by atoms with Crippen LogP contribution in [0, 0.1) is 0 Å². The Bertz CT molecular complexity index is 844. The molecule has 5 nitrogen and oxygen atoms in total. The van der Waals surface area contributed by atoms with Crippen LogP contribution in [0.1, 0.15) is 5.69 Å². The number of para-hydroxylation sites is 1. The predicted molar refractivity (Wildman–Crippen MR) is 81.2 cm³/mol. The van der Waals surface area contributed by atoms with Gasteiger partial charge in [0.2, 0.25) is 0 Å². The molecule has 0 fully saturated rings. The van der Waals surface area contributed by atoms with Crippen molar-refractivity contribution in [3.05, 3.63) is 56.9 Å². The Kier molecular flexibility index (Phi) is 3.33. The van der Waals surface area contributed by atoms with Crippen LogP contribution in [-0.4, -0.2) is 15.0 Å². The zero-order valence-electron chi connectivity index (χ0n) is 10.4. The Morgan fingerprint density at radius 3 is 2.80 bits per heavy atom. The number of benzene rings is 1. The Labute approximate surface area is 123 Å². The molecule has 2 heterocycles. The molecule has 0 aliphatic carbocycles. The third-order valence-electron chi connectivity index (χ3n) is 2.91. The summed E-state index contributed by atoms with van der Waals surface area (Å²) in [5, 5.41) is 1.01. The van der Waals surface area contributed by atoms with E-state index in [2.05, 4.69) is 30.9 Å². The van der Waals surface area contributed by atoms with Gasteiger partial charge in [-0.25, -0.2) is 9.97 Å². The Morgan fingerprint density at radius 1 is 1.20 bits per heavy atom. The van der Waals surface area contributed by atoms with Gasteiger partial charge in [-0.05, 0) is 28.1 Å². The van der Waals surface area contributed by atoms with Gasteiger partial charge in [-0.1, -0.05) is 18.2 Å². The van der Waals surface area contributed by atoms with Crippen molar-refractivity contribution in [1.82, 2.24) is 15.0 Å². The van der Waals surface area contributed by atoms with Gasteiger partial charge in [-0.15, -0.1) is 0 Å². The molecule has 20 heavy (non-hydrogen) atoms.